The number of hydrogen-bond donors (Lipinski definition) is 1. The van der Waals surface area contributed by atoms with Crippen LogP contribution in [0.1, 0.15) is 32.8 Å². The summed E-state index contributed by atoms with van der Waals surface area (Å²) in [5.41, 5.74) is 0.559. The molecule has 7 nitrogen and oxygen atoms in total. The van der Waals surface area contributed by atoms with E-state index in [0.717, 1.165) is 36.0 Å². The van der Waals surface area contributed by atoms with E-state index in [9.17, 15) is 4.79 Å². The number of hydrogen-bond acceptors (Lipinski definition) is 5. The zero-order valence-electron chi connectivity index (χ0n) is 15.9. The Morgan fingerprint density at radius 2 is 2.19 bits per heavy atom. The lowest BCUT2D eigenvalue weighted by Crippen LogP contribution is -2.40. The van der Waals surface area contributed by atoms with Crippen LogP contribution in [0.15, 0.2) is 23.2 Å². The maximum absolute atomic E-state index is 12.3. The molecular weight excluding hydrogens is 334 g/mol. The van der Waals surface area contributed by atoms with E-state index >= 15 is 0 Å². The number of fused-ring (bicyclic) bond motifs is 1. The van der Waals surface area contributed by atoms with E-state index in [0.29, 0.717) is 13.1 Å². The SMILES string of the molecule is CN=C(NCc1cccc2c1OCO2)N1CCC(C(=O)OC(C)(C)C)C1. The fourth-order valence-electron chi connectivity index (χ4n) is 3.17. The Hall–Kier alpha value is -2.44. The molecule has 0 amide bonds. The lowest BCUT2D eigenvalue weighted by Gasteiger charge is -2.23. The summed E-state index contributed by atoms with van der Waals surface area (Å²) in [4.78, 5) is 18.7. The van der Waals surface area contributed by atoms with E-state index in [-0.39, 0.29) is 18.7 Å². The number of nitrogens with zero attached hydrogens (tertiary/aromatic N) is 2. The molecule has 1 atom stereocenters. The van der Waals surface area contributed by atoms with Gasteiger partial charge in [0.1, 0.15) is 5.60 Å². The van der Waals surface area contributed by atoms with Crippen molar-refractivity contribution in [1.29, 1.82) is 0 Å². The molecule has 1 fully saturated rings. The number of aliphatic imine (C=N–C) groups is 1. The van der Waals surface area contributed by atoms with Crippen molar-refractivity contribution in [1.82, 2.24) is 10.2 Å². The van der Waals surface area contributed by atoms with Crippen LogP contribution in [-0.2, 0) is 16.1 Å². The van der Waals surface area contributed by atoms with Gasteiger partial charge in [-0.3, -0.25) is 9.79 Å². The number of ether oxygens (including phenoxy) is 3. The zero-order chi connectivity index (χ0) is 18.7. The molecule has 7 heteroatoms. The monoisotopic (exact) mass is 361 g/mol. The second kappa shape index (κ2) is 7.43. The standard InChI is InChI=1S/C19H27N3O4/c1-19(2,3)26-17(23)14-8-9-22(11-14)18(20-4)21-10-13-6-5-7-15-16(13)25-12-24-15/h5-7,14H,8-12H2,1-4H3,(H,20,21). The van der Waals surface area contributed by atoms with Gasteiger partial charge in [-0.1, -0.05) is 12.1 Å². The molecular formula is C19H27N3O4. The number of likely N-dealkylation sites (tertiary alicyclic amines) is 1. The van der Waals surface area contributed by atoms with Crippen LogP contribution < -0.4 is 14.8 Å². The molecule has 1 aromatic carbocycles. The minimum atomic E-state index is -0.458. The molecule has 142 valence electrons. The Kier molecular flexibility index (Phi) is 5.25. The molecule has 0 saturated carbocycles. The zero-order valence-corrected chi connectivity index (χ0v) is 15.9. The summed E-state index contributed by atoms with van der Waals surface area (Å²) < 4.78 is 16.5. The minimum absolute atomic E-state index is 0.120. The average molecular weight is 361 g/mol. The van der Waals surface area contributed by atoms with Crippen LogP contribution in [0.4, 0.5) is 0 Å². The number of carbonyl (C=O) groups excluding carboxylic acids is 1. The predicted octanol–water partition coefficient (Wildman–Crippen LogP) is 2.15. The molecule has 2 aliphatic rings. The Morgan fingerprint density at radius 1 is 1.38 bits per heavy atom. The van der Waals surface area contributed by atoms with E-state index in [1.807, 2.05) is 39.0 Å². The van der Waals surface area contributed by atoms with Gasteiger partial charge in [0.05, 0.1) is 5.92 Å². The summed E-state index contributed by atoms with van der Waals surface area (Å²) in [6, 6.07) is 5.84. The van der Waals surface area contributed by atoms with Crippen molar-refractivity contribution in [2.24, 2.45) is 10.9 Å². The first-order valence-electron chi connectivity index (χ1n) is 8.93. The highest BCUT2D eigenvalue weighted by molar-refractivity contribution is 5.82. The first kappa shape index (κ1) is 18.4. The number of nitrogens with one attached hydrogen (secondary N) is 1. The highest BCUT2D eigenvalue weighted by Gasteiger charge is 2.33. The highest BCUT2D eigenvalue weighted by Crippen LogP contribution is 2.35. The van der Waals surface area contributed by atoms with Crippen molar-refractivity contribution >= 4 is 11.9 Å². The van der Waals surface area contributed by atoms with Crippen molar-refractivity contribution in [3.05, 3.63) is 23.8 Å². The van der Waals surface area contributed by atoms with Crippen LogP contribution in [0.25, 0.3) is 0 Å². The fraction of sp³-hybridized carbons (Fsp3) is 0.579. The van der Waals surface area contributed by atoms with Crippen LogP contribution in [0.3, 0.4) is 0 Å². The number of rotatable bonds is 3. The van der Waals surface area contributed by atoms with Gasteiger partial charge in [0.2, 0.25) is 6.79 Å². The molecule has 26 heavy (non-hydrogen) atoms. The lowest BCUT2D eigenvalue weighted by molar-refractivity contribution is -0.159. The summed E-state index contributed by atoms with van der Waals surface area (Å²) in [6.45, 7) is 7.89. The summed E-state index contributed by atoms with van der Waals surface area (Å²) in [5, 5.41) is 3.35. The summed E-state index contributed by atoms with van der Waals surface area (Å²) in [6.07, 6.45) is 0.771. The number of esters is 1. The molecule has 0 aromatic heterocycles. The first-order valence-corrected chi connectivity index (χ1v) is 8.93. The van der Waals surface area contributed by atoms with Crippen LogP contribution >= 0.6 is 0 Å². The van der Waals surface area contributed by atoms with Gasteiger partial charge in [0.15, 0.2) is 17.5 Å². The molecule has 0 radical (unpaired) electrons. The number of guanidine groups is 1. The Balaban J connectivity index is 1.57. The van der Waals surface area contributed by atoms with Gasteiger partial charge < -0.3 is 24.4 Å². The average Bonchev–Trinajstić information content (AvgIpc) is 3.23. The summed E-state index contributed by atoms with van der Waals surface area (Å²) in [7, 11) is 1.75. The third-order valence-corrected chi connectivity index (χ3v) is 4.35. The molecule has 1 aromatic rings. The van der Waals surface area contributed by atoms with E-state index < -0.39 is 5.60 Å². The topological polar surface area (TPSA) is 72.4 Å². The van der Waals surface area contributed by atoms with Gasteiger partial charge in [0.25, 0.3) is 0 Å². The largest absolute Gasteiger partial charge is 0.460 e. The third-order valence-electron chi connectivity index (χ3n) is 4.35. The predicted molar refractivity (Wildman–Crippen MR) is 98.3 cm³/mol. The maximum Gasteiger partial charge on any atom is 0.311 e. The second-order valence-corrected chi connectivity index (χ2v) is 7.52. The van der Waals surface area contributed by atoms with E-state index in [2.05, 4.69) is 15.2 Å². The van der Waals surface area contributed by atoms with Crippen molar-refractivity contribution in [2.45, 2.75) is 39.3 Å². The normalized spacial score (nSPS) is 19.6. The molecule has 3 rings (SSSR count). The Bertz CT molecular complexity index is 697. The van der Waals surface area contributed by atoms with E-state index in [4.69, 9.17) is 14.2 Å². The van der Waals surface area contributed by atoms with Crippen molar-refractivity contribution in [3.63, 3.8) is 0 Å². The smallest absolute Gasteiger partial charge is 0.311 e. The molecule has 1 N–H and O–H groups in total. The van der Waals surface area contributed by atoms with E-state index in [1.54, 1.807) is 7.05 Å². The van der Waals surface area contributed by atoms with Crippen molar-refractivity contribution < 1.29 is 19.0 Å². The number of para-hydroxylation sites is 1. The molecule has 0 aliphatic carbocycles. The van der Waals surface area contributed by atoms with Gasteiger partial charge in [0, 0.05) is 32.2 Å². The maximum atomic E-state index is 12.3. The van der Waals surface area contributed by atoms with Gasteiger partial charge >= 0.3 is 5.97 Å². The quantitative estimate of drug-likeness (QED) is 0.505. The van der Waals surface area contributed by atoms with Crippen molar-refractivity contribution in [2.75, 3.05) is 26.9 Å². The summed E-state index contributed by atoms with van der Waals surface area (Å²) in [5.74, 6) is 2.06. The minimum Gasteiger partial charge on any atom is -0.460 e. The van der Waals surface area contributed by atoms with Crippen LogP contribution in [0, 0.1) is 5.92 Å². The van der Waals surface area contributed by atoms with Gasteiger partial charge in [-0.15, -0.1) is 0 Å². The third kappa shape index (κ3) is 4.20. The Morgan fingerprint density at radius 3 is 2.92 bits per heavy atom. The molecule has 2 aliphatic heterocycles. The van der Waals surface area contributed by atoms with Crippen molar-refractivity contribution in [3.8, 4) is 11.5 Å². The summed E-state index contributed by atoms with van der Waals surface area (Å²) >= 11 is 0. The molecule has 0 bridgehead atoms. The number of benzene rings is 1. The van der Waals surface area contributed by atoms with Crippen LogP contribution in [0.2, 0.25) is 0 Å². The van der Waals surface area contributed by atoms with Crippen LogP contribution in [-0.4, -0.2) is 49.4 Å². The second-order valence-electron chi connectivity index (χ2n) is 7.52. The van der Waals surface area contributed by atoms with Crippen LogP contribution in [0.5, 0.6) is 11.5 Å². The first-order chi connectivity index (χ1) is 12.4. The van der Waals surface area contributed by atoms with E-state index in [1.165, 1.54) is 0 Å². The van der Waals surface area contributed by atoms with Gasteiger partial charge in [-0.2, -0.15) is 0 Å². The lowest BCUT2D eigenvalue weighted by atomic mass is 10.1. The Labute approximate surface area is 154 Å². The molecule has 1 saturated heterocycles. The fourth-order valence-corrected chi connectivity index (χ4v) is 3.17. The molecule has 1 unspecified atom stereocenters. The molecule has 0 spiro atoms. The molecule has 2 heterocycles. The highest BCUT2D eigenvalue weighted by atomic mass is 16.7. The number of carbonyl (C=O) groups is 1. The van der Waals surface area contributed by atoms with Gasteiger partial charge in [-0.25, -0.2) is 0 Å². The van der Waals surface area contributed by atoms with Gasteiger partial charge in [-0.05, 0) is 33.3 Å².